The number of amides is 3. The summed E-state index contributed by atoms with van der Waals surface area (Å²) in [4.78, 5) is 42.7. The second-order valence-corrected chi connectivity index (χ2v) is 15.4. The number of nitrogens with zero attached hydrogens (tertiary/aromatic N) is 3. The zero-order chi connectivity index (χ0) is 33.3. The molecule has 5 rings (SSSR count). The lowest BCUT2D eigenvalue weighted by Crippen LogP contribution is -2.45. The lowest BCUT2D eigenvalue weighted by Gasteiger charge is -2.35. The van der Waals surface area contributed by atoms with Crippen LogP contribution in [-0.4, -0.2) is 95.5 Å². The molecular weight excluding hydrogens is 584 g/mol. The summed E-state index contributed by atoms with van der Waals surface area (Å²) in [5.41, 5.74) is 0.122. The highest BCUT2D eigenvalue weighted by atomic mass is 16.6. The smallest absolute Gasteiger partial charge is 0.410 e. The summed E-state index contributed by atoms with van der Waals surface area (Å²) in [6.45, 7) is 16.9. The molecular formula is C36H58N4O6. The second kappa shape index (κ2) is 16.2. The summed E-state index contributed by atoms with van der Waals surface area (Å²) in [6.07, 6.45) is 7.93. The van der Waals surface area contributed by atoms with Gasteiger partial charge in [0, 0.05) is 38.3 Å². The topological polar surface area (TPSA) is 101 Å². The van der Waals surface area contributed by atoms with Gasteiger partial charge in [0.05, 0.1) is 0 Å². The molecule has 2 saturated carbocycles. The Morgan fingerprint density at radius 2 is 1.17 bits per heavy atom. The van der Waals surface area contributed by atoms with Crippen LogP contribution in [0, 0.1) is 11.8 Å². The van der Waals surface area contributed by atoms with Gasteiger partial charge in [0.25, 0.3) is 0 Å². The fourth-order valence-electron chi connectivity index (χ4n) is 5.89. The molecule has 2 saturated heterocycles. The molecule has 10 heteroatoms. The van der Waals surface area contributed by atoms with Gasteiger partial charge in [0.2, 0.25) is 0 Å². The van der Waals surface area contributed by atoms with E-state index in [0.717, 1.165) is 63.7 Å². The summed E-state index contributed by atoms with van der Waals surface area (Å²) in [5, 5.41) is 3.37. The number of likely N-dealkylation sites (tertiary alicyclic amines) is 1. The van der Waals surface area contributed by atoms with Crippen LogP contribution in [0.5, 0.6) is 0 Å². The number of carbonyl (C=O) groups is 3. The standard InChI is InChI=1S/C22H32N2O4.C14H26N2O2/c1-22(2,3)28-21(26)24(19-9-10-19)15-17-11-13-23(14-12-17)20(25)27-16-18-7-5-4-6-8-18;1-14(2,3)18-13(17)16(12-4-5-12)10-11-6-8-15-9-7-11/h4-8,17,19H,9-16H2,1-3H3;11-12,15H,4-10H2,1-3H3. The van der Waals surface area contributed by atoms with Crippen LogP contribution in [0.2, 0.25) is 0 Å². The molecule has 46 heavy (non-hydrogen) atoms. The van der Waals surface area contributed by atoms with Crippen LogP contribution >= 0.6 is 0 Å². The van der Waals surface area contributed by atoms with Crippen molar-refractivity contribution < 1.29 is 28.6 Å². The molecule has 4 aliphatic rings. The third kappa shape index (κ3) is 12.6. The van der Waals surface area contributed by atoms with Gasteiger partial charge in [-0.25, -0.2) is 14.4 Å². The first-order valence-corrected chi connectivity index (χ1v) is 17.4. The molecule has 2 heterocycles. The third-order valence-electron chi connectivity index (χ3n) is 8.68. The van der Waals surface area contributed by atoms with Gasteiger partial charge in [-0.15, -0.1) is 0 Å². The molecule has 4 fully saturated rings. The van der Waals surface area contributed by atoms with Crippen molar-refractivity contribution in [2.24, 2.45) is 11.8 Å². The van der Waals surface area contributed by atoms with Gasteiger partial charge < -0.3 is 34.2 Å². The predicted molar refractivity (Wildman–Crippen MR) is 178 cm³/mol. The largest absolute Gasteiger partial charge is 0.445 e. The second-order valence-electron chi connectivity index (χ2n) is 15.4. The Morgan fingerprint density at radius 3 is 1.61 bits per heavy atom. The monoisotopic (exact) mass is 642 g/mol. The number of hydrogen-bond donors (Lipinski definition) is 1. The molecule has 10 nitrogen and oxygen atoms in total. The fraction of sp³-hybridized carbons (Fsp3) is 0.750. The number of benzene rings is 1. The number of ether oxygens (including phenoxy) is 3. The van der Waals surface area contributed by atoms with Crippen molar-refractivity contribution in [2.75, 3.05) is 39.3 Å². The van der Waals surface area contributed by atoms with E-state index in [0.29, 0.717) is 50.2 Å². The van der Waals surface area contributed by atoms with Crippen molar-refractivity contribution >= 4 is 18.3 Å². The molecule has 0 bridgehead atoms. The summed E-state index contributed by atoms with van der Waals surface area (Å²) in [7, 11) is 0. The first kappa shape index (κ1) is 35.8. The molecule has 0 radical (unpaired) electrons. The maximum Gasteiger partial charge on any atom is 0.410 e. The van der Waals surface area contributed by atoms with E-state index in [2.05, 4.69) is 5.32 Å². The zero-order valence-electron chi connectivity index (χ0n) is 29.1. The zero-order valence-corrected chi connectivity index (χ0v) is 29.1. The summed E-state index contributed by atoms with van der Waals surface area (Å²) >= 11 is 0. The van der Waals surface area contributed by atoms with Crippen LogP contribution in [-0.2, 0) is 20.8 Å². The molecule has 1 N–H and O–H groups in total. The van der Waals surface area contributed by atoms with Gasteiger partial charge in [-0.2, -0.15) is 0 Å². The van der Waals surface area contributed by atoms with E-state index in [1.807, 2.05) is 81.7 Å². The molecule has 0 atom stereocenters. The minimum atomic E-state index is -0.476. The SMILES string of the molecule is CC(C)(C)OC(=O)N(CC1CCN(C(=O)OCc2ccccc2)CC1)C1CC1.CC(C)(C)OC(=O)N(CC1CCNCC1)C1CC1. The van der Waals surface area contributed by atoms with E-state index in [1.54, 1.807) is 4.90 Å². The Bertz CT molecular complexity index is 1110. The fourth-order valence-corrected chi connectivity index (χ4v) is 5.89. The Hall–Kier alpha value is -3.01. The minimum Gasteiger partial charge on any atom is -0.445 e. The van der Waals surface area contributed by atoms with Gasteiger partial charge >= 0.3 is 18.3 Å². The first-order chi connectivity index (χ1) is 21.8. The third-order valence-corrected chi connectivity index (χ3v) is 8.68. The summed E-state index contributed by atoms with van der Waals surface area (Å²) in [5.74, 6) is 1.03. The Morgan fingerprint density at radius 1 is 0.717 bits per heavy atom. The average molecular weight is 643 g/mol. The maximum absolute atomic E-state index is 12.5. The van der Waals surface area contributed by atoms with E-state index >= 15 is 0 Å². The van der Waals surface area contributed by atoms with Crippen molar-refractivity contribution in [3.63, 3.8) is 0 Å². The lowest BCUT2D eigenvalue weighted by molar-refractivity contribution is 0.0166. The summed E-state index contributed by atoms with van der Waals surface area (Å²) in [6, 6.07) is 10.5. The van der Waals surface area contributed by atoms with Crippen LogP contribution in [0.1, 0.15) is 98.5 Å². The highest BCUT2D eigenvalue weighted by Crippen LogP contribution is 2.32. The molecule has 2 aliphatic carbocycles. The number of nitrogens with one attached hydrogen (secondary N) is 1. The van der Waals surface area contributed by atoms with E-state index in [1.165, 1.54) is 12.8 Å². The van der Waals surface area contributed by atoms with Crippen LogP contribution in [0.4, 0.5) is 14.4 Å². The molecule has 0 spiro atoms. The van der Waals surface area contributed by atoms with Crippen LogP contribution in [0.15, 0.2) is 30.3 Å². The highest BCUT2D eigenvalue weighted by molar-refractivity contribution is 5.69. The lowest BCUT2D eigenvalue weighted by atomic mass is 9.96. The van der Waals surface area contributed by atoms with Crippen LogP contribution < -0.4 is 5.32 Å². The molecule has 1 aromatic rings. The molecule has 2 aliphatic heterocycles. The van der Waals surface area contributed by atoms with Crippen LogP contribution in [0.3, 0.4) is 0 Å². The quantitative estimate of drug-likeness (QED) is 0.311. The van der Waals surface area contributed by atoms with Gasteiger partial charge in [-0.3, -0.25) is 0 Å². The number of rotatable bonds is 8. The predicted octanol–water partition coefficient (Wildman–Crippen LogP) is 6.82. The molecule has 0 unspecified atom stereocenters. The van der Waals surface area contributed by atoms with E-state index < -0.39 is 11.2 Å². The molecule has 258 valence electrons. The highest BCUT2D eigenvalue weighted by Gasteiger charge is 2.38. The van der Waals surface area contributed by atoms with Gasteiger partial charge in [-0.1, -0.05) is 30.3 Å². The van der Waals surface area contributed by atoms with Crippen LogP contribution in [0.25, 0.3) is 0 Å². The van der Waals surface area contributed by atoms with Gasteiger partial charge in [0.15, 0.2) is 0 Å². The number of carbonyl (C=O) groups excluding carboxylic acids is 3. The van der Waals surface area contributed by atoms with E-state index in [-0.39, 0.29) is 18.3 Å². The van der Waals surface area contributed by atoms with Gasteiger partial charge in [-0.05, 0) is 123 Å². The van der Waals surface area contributed by atoms with Crippen molar-refractivity contribution in [3.8, 4) is 0 Å². The Kier molecular flexibility index (Phi) is 12.6. The molecule has 0 aromatic heterocycles. The molecule has 1 aromatic carbocycles. The number of hydrogen-bond acceptors (Lipinski definition) is 7. The maximum atomic E-state index is 12.5. The van der Waals surface area contributed by atoms with Crippen molar-refractivity contribution in [3.05, 3.63) is 35.9 Å². The first-order valence-electron chi connectivity index (χ1n) is 17.4. The average Bonchev–Trinajstić information content (AvgIpc) is 3.92. The Labute approximate surface area is 276 Å². The minimum absolute atomic E-state index is 0.122. The van der Waals surface area contributed by atoms with Crippen molar-refractivity contribution in [1.29, 1.82) is 0 Å². The number of piperidine rings is 2. The molecule has 3 amide bonds. The summed E-state index contributed by atoms with van der Waals surface area (Å²) < 4.78 is 16.5. The van der Waals surface area contributed by atoms with E-state index in [9.17, 15) is 14.4 Å². The normalized spacial score (nSPS) is 19.4. The van der Waals surface area contributed by atoms with Crippen molar-refractivity contribution in [1.82, 2.24) is 20.0 Å². The van der Waals surface area contributed by atoms with Gasteiger partial charge in [0.1, 0.15) is 17.8 Å². The van der Waals surface area contributed by atoms with Crippen molar-refractivity contribution in [2.45, 2.75) is 123 Å². The Balaban J connectivity index is 0.000000230. The van der Waals surface area contributed by atoms with E-state index in [4.69, 9.17) is 14.2 Å².